The fourth-order valence-electron chi connectivity index (χ4n) is 1.43. The maximum absolute atomic E-state index is 13.1. The second-order valence-electron chi connectivity index (χ2n) is 3.34. The summed E-state index contributed by atoms with van der Waals surface area (Å²) in [5, 5.41) is 17.9. The van der Waals surface area contributed by atoms with Crippen LogP contribution in [0.5, 0.6) is 0 Å². The van der Waals surface area contributed by atoms with Crippen LogP contribution >= 0.6 is 0 Å². The average molecular weight is 217 g/mol. The third kappa shape index (κ3) is 2.10. The van der Waals surface area contributed by atoms with Crippen LogP contribution in [0, 0.1) is 5.95 Å². The van der Waals surface area contributed by atoms with Gasteiger partial charge in [0.05, 0.1) is 0 Å². The fourth-order valence-corrected chi connectivity index (χ4v) is 1.43. The van der Waals surface area contributed by atoms with E-state index in [1.807, 2.05) is 30.3 Å². The molecule has 0 unspecified atom stereocenters. The molecule has 2 rings (SSSR count). The van der Waals surface area contributed by atoms with Crippen LogP contribution in [0.2, 0.25) is 0 Å². The summed E-state index contributed by atoms with van der Waals surface area (Å²) in [7, 11) is -1.85. The highest BCUT2D eigenvalue weighted by molar-refractivity contribution is 6.58. The Hall–Kier alpha value is -1.72. The first-order chi connectivity index (χ1) is 7.68. The summed E-state index contributed by atoms with van der Waals surface area (Å²) in [5.41, 5.74) is 1.27. The summed E-state index contributed by atoms with van der Waals surface area (Å²) in [6.07, 6.45) is 1.36. The largest absolute Gasteiger partial charge is 0.493 e. The van der Waals surface area contributed by atoms with Crippen LogP contribution in [0.1, 0.15) is 0 Å². The summed E-state index contributed by atoms with van der Waals surface area (Å²) in [4.78, 5) is 3.49. The number of hydrogen-bond donors (Lipinski definition) is 2. The molecule has 0 aliphatic rings. The van der Waals surface area contributed by atoms with Gasteiger partial charge in [-0.15, -0.1) is 0 Å². The second-order valence-corrected chi connectivity index (χ2v) is 3.34. The van der Waals surface area contributed by atoms with Gasteiger partial charge >= 0.3 is 7.12 Å². The third-order valence-corrected chi connectivity index (χ3v) is 2.25. The predicted octanol–water partition coefficient (Wildman–Crippen LogP) is 0.568. The third-order valence-electron chi connectivity index (χ3n) is 2.25. The van der Waals surface area contributed by atoms with Crippen molar-refractivity contribution in [3.8, 4) is 11.1 Å². The molecule has 0 fully saturated rings. The zero-order valence-electron chi connectivity index (χ0n) is 8.34. The molecule has 0 bridgehead atoms. The Bertz CT molecular complexity index is 491. The number of hydrogen-bond acceptors (Lipinski definition) is 3. The van der Waals surface area contributed by atoms with Crippen molar-refractivity contribution in [1.29, 1.82) is 0 Å². The van der Waals surface area contributed by atoms with Crippen LogP contribution in [-0.2, 0) is 0 Å². The minimum absolute atomic E-state index is 0.221. The van der Waals surface area contributed by atoms with Crippen molar-refractivity contribution < 1.29 is 14.4 Å². The van der Waals surface area contributed by atoms with Gasteiger partial charge in [-0.25, -0.2) is 4.98 Å². The van der Waals surface area contributed by atoms with E-state index in [1.165, 1.54) is 12.3 Å². The quantitative estimate of drug-likeness (QED) is 0.571. The van der Waals surface area contributed by atoms with E-state index in [-0.39, 0.29) is 5.46 Å². The highest BCUT2D eigenvalue weighted by Gasteiger charge is 2.18. The number of pyridine rings is 1. The van der Waals surface area contributed by atoms with Crippen molar-refractivity contribution in [3.63, 3.8) is 0 Å². The Balaban J connectivity index is 2.48. The molecule has 1 aromatic carbocycles. The average Bonchev–Trinajstić information content (AvgIpc) is 2.30. The zero-order valence-corrected chi connectivity index (χ0v) is 8.34. The topological polar surface area (TPSA) is 53.4 Å². The molecular formula is C11H9BFNO2. The van der Waals surface area contributed by atoms with Gasteiger partial charge in [0, 0.05) is 11.7 Å². The van der Waals surface area contributed by atoms with Gasteiger partial charge in [0.15, 0.2) is 0 Å². The summed E-state index contributed by atoms with van der Waals surface area (Å²) < 4.78 is 13.1. The molecule has 1 heterocycles. The van der Waals surface area contributed by atoms with Gasteiger partial charge in [0.25, 0.3) is 0 Å². The van der Waals surface area contributed by atoms with Gasteiger partial charge < -0.3 is 10.0 Å². The van der Waals surface area contributed by atoms with E-state index in [4.69, 9.17) is 10.0 Å². The predicted molar refractivity (Wildman–Crippen MR) is 59.5 cm³/mol. The molecule has 2 aromatic rings. The molecule has 1 aromatic heterocycles. The number of nitrogens with zero attached hydrogens (tertiary/aromatic N) is 1. The van der Waals surface area contributed by atoms with Crippen molar-refractivity contribution in [2.75, 3.05) is 0 Å². The first kappa shape index (κ1) is 10.8. The minimum Gasteiger partial charge on any atom is -0.423 e. The standard InChI is InChI=1S/C11H9BFNO2/c13-11-10(12(15)16)6-9(7-14-11)8-4-2-1-3-5-8/h1-7,15-16H. The first-order valence-electron chi connectivity index (χ1n) is 4.75. The molecule has 0 atom stereocenters. The number of halogens is 1. The molecule has 0 saturated carbocycles. The molecule has 0 spiro atoms. The minimum atomic E-state index is -1.85. The molecule has 3 nitrogen and oxygen atoms in total. The lowest BCUT2D eigenvalue weighted by molar-refractivity contribution is 0.422. The molecule has 80 valence electrons. The van der Waals surface area contributed by atoms with Gasteiger partial charge in [-0.05, 0) is 17.2 Å². The highest BCUT2D eigenvalue weighted by Crippen LogP contribution is 2.16. The molecule has 0 aliphatic carbocycles. The Morgan fingerprint density at radius 1 is 1.06 bits per heavy atom. The van der Waals surface area contributed by atoms with E-state index in [1.54, 1.807) is 0 Å². The molecule has 0 radical (unpaired) electrons. The Labute approximate surface area is 92.4 Å². The maximum atomic E-state index is 13.1. The SMILES string of the molecule is OB(O)c1cc(-c2ccccc2)cnc1F. The van der Waals surface area contributed by atoms with Crippen LogP contribution in [0.3, 0.4) is 0 Å². The van der Waals surface area contributed by atoms with Gasteiger partial charge in [0.2, 0.25) is 5.95 Å². The summed E-state index contributed by atoms with van der Waals surface area (Å²) in [6.45, 7) is 0. The van der Waals surface area contributed by atoms with E-state index < -0.39 is 13.1 Å². The number of aromatic nitrogens is 1. The van der Waals surface area contributed by atoms with Crippen molar-refractivity contribution in [1.82, 2.24) is 4.98 Å². The number of rotatable bonds is 2. The second kappa shape index (κ2) is 4.43. The van der Waals surface area contributed by atoms with Crippen LogP contribution in [0.25, 0.3) is 11.1 Å². The maximum Gasteiger partial charge on any atom is 0.493 e. The molecule has 16 heavy (non-hydrogen) atoms. The van der Waals surface area contributed by atoms with E-state index in [0.717, 1.165) is 5.56 Å². The van der Waals surface area contributed by atoms with E-state index >= 15 is 0 Å². The molecule has 5 heteroatoms. The van der Waals surface area contributed by atoms with Gasteiger partial charge in [-0.1, -0.05) is 30.3 Å². The van der Waals surface area contributed by atoms with Crippen molar-refractivity contribution in [3.05, 3.63) is 48.5 Å². The Kier molecular flexibility index (Phi) is 2.98. The highest BCUT2D eigenvalue weighted by atomic mass is 19.1. The van der Waals surface area contributed by atoms with Crippen molar-refractivity contribution in [2.24, 2.45) is 0 Å². The lowest BCUT2D eigenvalue weighted by Crippen LogP contribution is -2.33. The van der Waals surface area contributed by atoms with Crippen LogP contribution in [0.4, 0.5) is 4.39 Å². The van der Waals surface area contributed by atoms with Gasteiger partial charge in [-0.2, -0.15) is 4.39 Å². The Morgan fingerprint density at radius 2 is 1.75 bits per heavy atom. The van der Waals surface area contributed by atoms with Crippen LogP contribution in [-0.4, -0.2) is 22.2 Å². The number of benzene rings is 1. The monoisotopic (exact) mass is 217 g/mol. The van der Waals surface area contributed by atoms with Gasteiger partial charge in [0.1, 0.15) is 0 Å². The molecule has 2 N–H and O–H groups in total. The van der Waals surface area contributed by atoms with E-state index in [0.29, 0.717) is 5.56 Å². The summed E-state index contributed by atoms with van der Waals surface area (Å²) in [5.74, 6) is -0.866. The lowest BCUT2D eigenvalue weighted by atomic mass is 9.80. The smallest absolute Gasteiger partial charge is 0.423 e. The van der Waals surface area contributed by atoms with Crippen LogP contribution in [0.15, 0.2) is 42.6 Å². The zero-order chi connectivity index (χ0) is 11.5. The molecule has 0 saturated heterocycles. The summed E-state index contributed by atoms with van der Waals surface area (Å²) >= 11 is 0. The summed E-state index contributed by atoms with van der Waals surface area (Å²) in [6, 6.07) is 10.6. The molecule has 0 amide bonds. The van der Waals surface area contributed by atoms with E-state index in [2.05, 4.69) is 4.98 Å². The normalized spacial score (nSPS) is 10.2. The van der Waals surface area contributed by atoms with Crippen molar-refractivity contribution in [2.45, 2.75) is 0 Å². The molecule has 0 aliphatic heterocycles. The van der Waals surface area contributed by atoms with E-state index in [9.17, 15) is 4.39 Å². The fraction of sp³-hybridized carbons (Fsp3) is 0. The van der Waals surface area contributed by atoms with Gasteiger partial charge in [-0.3, -0.25) is 0 Å². The first-order valence-corrected chi connectivity index (χ1v) is 4.75. The lowest BCUT2D eigenvalue weighted by Gasteiger charge is -2.05. The van der Waals surface area contributed by atoms with Crippen LogP contribution < -0.4 is 5.46 Å². The van der Waals surface area contributed by atoms with Crippen molar-refractivity contribution >= 4 is 12.6 Å². The Morgan fingerprint density at radius 3 is 2.38 bits per heavy atom. The molecular weight excluding hydrogens is 208 g/mol.